The van der Waals surface area contributed by atoms with E-state index in [9.17, 15) is 4.79 Å². The maximum atomic E-state index is 12.2. The van der Waals surface area contributed by atoms with Gasteiger partial charge in [0.2, 0.25) is 5.88 Å². The molecule has 2 aromatic rings. The van der Waals surface area contributed by atoms with Crippen LogP contribution in [0.3, 0.4) is 0 Å². The Hall–Kier alpha value is -3.44. The number of carbonyl (C=O) groups is 1. The first-order valence-electron chi connectivity index (χ1n) is 6.96. The van der Waals surface area contributed by atoms with Crippen molar-refractivity contribution in [1.29, 1.82) is 10.7 Å². The highest BCUT2D eigenvalue weighted by Gasteiger charge is 2.11. The number of hydrogen-bond donors (Lipinski definition) is 3. The monoisotopic (exact) mass is 356 g/mol. The van der Waals surface area contributed by atoms with Crippen molar-refractivity contribution in [1.82, 2.24) is 20.6 Å². The van der Waals surface area contributed by atoms with E-state index in [1.165, 1.54) is 42.9 Å². The molecule has 1 aromatic carbocycles. The fraction of sp³-hybridized carbons (Fsp3) is 0.0625. The molecule has 1 heterocycles. The number of amidine groups is 1. The maximum Gasteiger partial charge on any atom is 0.256 e. The van der Waals surface area contributed by atoms with Gasteiger partial charge in [-0.2, -0.15) is 5.26 Å². The molecule has 9 heteroatoms. The number of rotatable bonds is 5. The number of carbonyl (C=O) groups excluding carboxylic acids is 1. The molecule has 25 heavy (non-hydrogen) atoms. The molecule has 126 valence electrons. The molecule has 0 atom stereocenters. The zero-order valence-corrected chi connectivity index (χ0v) is 13.8. The van der Waals surface area contributed by atoms with Crippen LogP contribution < -0.4 is 15.4 Å². The summed E-state index contributed by atoms with van der Waals surface area (Å²) in [5.74, 6) is -0.171. The molecule has 8 nitrogen and oxygen atoms in total. The van der Waals surface area contributed by atoms with Gasteiger partial charge in [-0.05, 0) is 30.5 Å². The van der Waals surface area contributed by atoms with Crippen LogP contribution in [0.5, 0.6) is 11.6 Å². The van der Waals surface area contributed by atoms with Crippen molar-refractivity contribution < 1.29 is 9.53 Å². The third-order valence-electron chi connectivity index (χ3n) is 2.76. The number of ether oxygens (including phenoxy) is 1. The molecule has 0 fully saturated rings. The van der Waals surface area contributed by atoms with Crippen LogP contribution in [0.15, 0.2) is 42.9 Å². The minimum Gasteiger partial charge on any atom is -0.437 e. The molecule has 0 unspecified atom stereocenters. The second-order valence-corrected chi connectivity index (χ2v) is 5.06. The van der Waals surface area contributed by atoms with Crippen LogP contribution in [0.4, 0.5) is 0 Å². The van der Waals surface area contributed by atoms with E-state index in [-0.39, 0.29) is 33.7 Å². The van der Waals surface area contributed by atoms with E-state index in [1.807, 2.05) is 6.07 Å². The molecular formula is C16H13ClN6O2. The Bertz CT molecular complexity index is 858. The predicted octanol–water partition coefficient (Wildman–Crippen LogP) is 2.23. The van der Waals surface area contributed by atoms with Crippen LogP contribution in [-0.2, 0) is 0 Å². The topological polar surface area (TPSA) is 124 Å². The van der Waals surface area contributed by atoms with Crippen molar-refractivity contribution in [2.24, 2.45) is 0 Å². The second-order valence-electron chi connectivity index (χ2n) is 4.62. The van der Waals surface area contributed by atoms with Crippen LogP contribution in [0.25, 0.3) is 0 Å². The molecule has 0 aliphatic rings. The van der Waals surface area contributed by atoms with E-state index in [0.717, 1.165) is 0 Å². The molecule has 2 rings (SSSR count). The molecule has 1 amide bonds. The summed E-state index contributed by atoms with van der Waals surface area (Å²) in [4.78, 5) is 19.9. The average Bonchev–Trinajstić information content (AvgIpc) is 2.60. The van der Waals surface area contributed by atoms with E-state index in [4.69, 9.17) is 27.0 Å². The Morgan fingerprint density at radius 1 is 1.36 bits per heavy atom. The van der Waals surface area contributed by atoms with Crippen molar-refractivity contribution in [3.8, 4) is 17.7 Å². The van der Waals surface area contributed by atoms with E-state index in [2.05, 4.69) is 20.6 Å². The van der Waals surface area contributed by atoms with Gasteiger partial charge in [0, 0.05) is 17.6 Å². The summed E-state index contributed by atoms with van der Waals surface area (Å²) in [6, 6.07) is 6.26. The van der Waals surface area contributed by atoms with Gasteiger partial charge < -0.3 is 15.4 Å². The standard InChI is InChI=1S/C16H13ClN6O2/c1-20-3-2-14(19)23-16(24)10-4-11(17)6-13(5-10)25-15-9-21-12(7-18)8-22-15/h2-6,8-9,20H,1H3,(H2,19,23,24)/b3-2-. The van der Waals surface area contributed by atoms with Gasteiger partial charge in [-0.25, -0.2) is 9.97 Å². The molecule has 0 bridgehead atoms. The number of halogens is 1. The summed E-state index contributed by atoms with van der Waals surface area (Å²) in [5, 5.41) is 21.7. The summed E-state index contributed by atoms with van der Waals surface area (Å²) in [6.07, 6.45) is 5.46. The summed E-state index contributed by atoms with van der Waals surface area (Å²) < 4.78 is 5.49. The first-order chi connectivity index (χ1) is 12.0. The molecule has 0 radical (unpaired) electrons. The van der Waals surface area contributed by atoms with E-state index in [0.29, 0.717) is 0 Å². The SMILES string of the molecule is CN/C=C\C(=N)NC(=O)c1cc(Cl)cc(Oc2cnc(C#N)cn2)c1. The zero-order valence-electron chi connectivity index (χ0n) is 13.1. The van der Waals surface area contributed by atoms with Crippen LogP contribution in [0, 0.1) is 16.7 Å². The quantitative estimate of drug-likeness (QED) is 0.557. The Morgan fingerprint density at radius 2 is 2.16 bits per heavy atom. The number of amides is 1. The molecule has 0 aliphatic heterocycles. The zero-order chi connectivity index (χ0) is 18.2. The predicted molar refractivity (Wildman–Crippen MR) is 91.7 cm³/mol. The summed E-state index contributed by atoms with van der Waals surface area (Å²) in [6.45, 7) is 0. The molecule has 0 aliphatic carbocycles. The fourth-order valence-electron chi connectivity index (χ4n) is 1.70. The van der Waals surface area contributed by atoms with Gasteiger partial charge in [-0.15, -0.1) is 0 Å². The number of nitrogens with zero attached hydrogens (tertiary/aromatic N) is 3. The minimum atomic E-state index is -0.510. The van der Waals surface area contributed by atoms with E-state index in [1.54, 1.807) is 7.05 Å². The smallest absolute Gasteiger partial charge is 0.256 e. The highest BCUT2D eigenvalue weighted by Crippen LogP contribution is 2.25. The third kappa shape index (κ3) is 5.30. The van der Waals surface area contributed by atoms with Crippen LogP contribution in [0.1, 0.15) is 16.1 Å². The average molecular weight is 357 g/mol. The van der Waals surface area contributed by atoms with Gasteiger partial charge >= 0.3 is 0 Å². The van der Waals surface area contributed by atoms with E-state index >= 15 is 0 Å². The van der Waals surface area contributed by atoms with Gasteiger partial charge in [0.05, 0.1) is 12.4 Å². The highest BCUT2D eigenvalue weighted by atomic mass is 35.5. The van der Waals surface area contributed by atoms with Crippen LogP contribution >= 0.6 is 11.6 Å². The van der Waals surface area contributed by atoms with Crippen molar-refractivity contribution in [3.05, 3.63) is 59.1 Å². The normalized spacial score (nSPS) is 10.1. The van der Waals surface area contributed by atoms with Gasteiger partial charge in [0.15, 0.2) is 5.69 Å². The fourth-order valence-corrected chi connectivity index (χ4v) is 1.93. The molecule has 3 N–H and O–H groups in total. The number of aromatic nitrogens is 2. The summed E-state index contributed by atoms with van der Waals surface area (Å²) >= 11 is 6.01. The van der Waals surface area contributed by atoms with E-state index < -0.39 is 5.91 Å². The van der Waals surface area contributed by atoms with Crippen molar-refractivity contribution in [3.63, 3.8) is 0 Å². The molecule has 1 aromatic heterocycles. The van der Waals surface area contributed by atoms with Crippen LogP contribution in [-0.4, -0.2) is 28.8 Å². The third-order valence-corrected chi connectivity index (χ3v) is 2.98. The largest absolute Gasteiger partial charge is 0.437 e. The highest BCUT2D eigenvalue weighted by molar-refractivity contribution is 6.31. The molecule has 0 saturated heterocycles. The van der Waals surface area contributed by atoms with Crippen molar-refractivity contribution in [2.45, 2.75) is 0 Å². The lowest BCUT2D eigenvalue weighted by Crippen LogP contribution is -2.28. The van der Waals surface area contributed by atoms with Crippen molar-refractivity contribution in [2.75, 3.05) is 7.05 Å². The van der Waals surface area contributed by atoms with Gasteiger partial charge in [0.1, 0.15) is 17.7 Å². The van der Waals surface area contributed by atoms with Gasteiger partial charge in [0.25, 0.3) is 5.91 Å². The Labute approximate surface area is 148 Å². The Morgan fingerprint density at radius 3 is 2.80 bits per heavy atom. The molecular weight excluding hydrogens is 344 g/mol. The molecule has 0 saturated carbocycles. The summed E-state index contributed by atoms with van der Waals surface area (Å²) in [7, 11) is 1.68. The summed E-state index contributed by atoms with van der Waals surface area (Å²) in [5.41, 5.74) is 0.373. The van der Waals surface area contributed by atoms with Gasteiger partial charge in [-0.3, -0.25) is 10.2 Å². The minimum absolute atomic E-state index is 0.0836. The first kappa shape index (κ1) is 17.9. The lowest BCUT2D eigenvalue weighted by molar-refractivity contribution is 0.0977. The Balaban J connectivity index is 2.16. The number of nitrogens with one attached hydrogen (secondary N) is 3. The van der Waals surface area contributed by atoms with Gasteiger partial charge in [-0.1, -0.05) is 11.6 Å². The number of nitriles is 1. The lowest BCUT2D eigenvalue weighted by atomic mass is 10.2. The number of benzene rings is 1. The van der Waals surface area contributed by atoms with Crippen molar-refractivity contribution >= 4 is 23.3 Å². The second kappa shape index (κ2) is 8.42. The lowest BCUT2D eigenvalue weighted by Gasteiger charge is -2.08. The first-order valence-corrected chi connectivity index (χ1v) is 7.34. The molecule has 0 spiro atoms. The Kier molecular flexibility index (Phi) is 6.03. The number of hydrogen-bond acceptors (Lipinski definition) is 7. The maximum absolute atomic E-state index is 12.2. The van der Waals surface area contributed by atoms with Crippen LogP contribution in [0.2, 0.25) is 5.02 Å².